The molecule has 0 aliphatic carbocycles. The average molecular weight is 246 g/mol. The van der Waals surface area contributed by atoms with Crippen molar-refractivity contribution in [3.63, 3.8) is 0 Å². The Morgan fingerprint density at radius 1 is 1.28 bits per heavy atom. The molecule has 2 nitrogen and oxygen atoms in total. The number of hydrogen-bond acceptors (Lipinski definition) is 2. The summed E-state index contributed by atoms with van der Waals surface area (Å²) in [6.07, 6.45) is 3.85. The largest absolute Gasteiger partial charge is 0.317 e. The summed E-state index contributed by atoms with van der Waals surface area (Å²) in [5, 5.41) is 3.43. The SMILES string of the molecule is Cc1cccc(CCN(C)CC2CCNCC2)c1. The van der Waals surface area contributed by atoms with Crippen LogP contribution in [0, 0.1) is 12.8 Å². The second kappa shape index (κ2) is 6.91. The van der Waals surface area contributed by atoms with Crippen molar-refractivity contribution >= 4 is 0 Å². The number of aryl methyl sites for hydroxylation is 1. The highest BCUT2D eigenvalue weighted by Gasteiger charge is 2.14. The molecular formula is C16H26N2. The Morgan fingerprint density at radius 3 is 2.78 bits per heavy atom. The van der Waals surface area contributed by atoms with E-state index in [0.717, 1.165) is 5.92 Å². The third-order valence-electron chi connectivity index (χ3n) is 3.89. The van der Waals surface area contributed by atoms with E-state index in [0.29, 0.717) is 0 Å². The maximum Gasteiger partial charge on any atom is 0.00189 e. The summed E-state index contributed by atoms with van der Waals surface area (Å²) in [4.78, 5) is 2.50. The molecule has 1 aliphatic rings. The van der Waals surface area contributed by atoms with Gasteiger partial charge in [-0.15, -0.1) is 0 Å². The zero-order valence-corrected chi connectivity index (χ0v) is 11.8. The summed E-state index contributed by atoms with van der Waals surface area (Å²) >= 11 is 0. The molecule has 1 N–H and O–H groups in total. The molecule has 18 heavy (non-hydrogen) atoms. The summed E-state index contributed by atoms with van der Waals surface area (Å²) in [6, 6.07) is 8.88. The van der Waals surface area contributed by atoms with Crippen LogP contribution in [0.25, 0.3) is 0 Å². The second-order valence-electron chi connectivity index (χ2n) is 5.69. The first-order chi connectivity index (χ1) is 8.74. The smallest absolute Gasteiger partial charge is 0.00189 e. The quantitative estimate of drug-likeness (QED) is 0.858. The Hall–Kier alpha value is -0.860. The molecule has 0 spiro atoms. The molecule has 2 rings (SSSR count). The van der Waals surface area contributed by atoms with Gasteiger partial charge in [-0.25, -0.2) is 0 Å². The van der Waals surface area contributed by atoms with Gasteiger partial charge in [-0.05, 0) is 57.8 Å². The predicted octanol–water partition coefficient (Wildman–Crippen LogP) is 2.47. The van der Waals surface area contributed by atoms with Crippen LogP contribution in [0.4, 0.5) is 0 Å². The van der Waals surface area contributed by atoms with Gasteiger partial charge in [0.15, 0.2) is 0 Å². The van der Waals surface area contributed by atoms with E-state index in [1.54, 1.807) is 0 Å². The topological polar surface area (TPSA) is 15.3 Å². The summed E-state index contributed by atoms with van der Waals surface area (Å²) in [5.41, 5.74) is 2.83. The minimum Gasteiger partial charge on any atom is -0.317 e. The molecule has 0 amide bonds. The molecule has 0 saturated carbocycles. The Morgan fingerprint density at radius 2 is 2.06 bits per heavy atom. The molecule has 0 bridgehead atoms. The van der Waals surface area contributed by atoms with Crippen LogP contribution in [0.15, 0.2) is 24.3 Å². The van der Waals surface area contributed by atoms with Crippen molar-refractivity contribution in [1.29, 1.82) is 0 Å². The van der Waals surface area contributed by atoms with Crippen LogP contribution in [0.1, 0.15) is 24.0 Å². The van der Waals surface area contributed by atoms with Crippen LogP contribution in [0.3, 0.4) is 0 Å². The molecular weight excluding hydrogens is 220 g/mol. The lowest BCUT2D eigenvalue weighted by molar-refractivity contribution is 0.242. The second-order valence-corrected chi connectivity index (χ2v) is 5.69. The molecule has 1 fully saturated rings. The highest BCUT2D eigenvalue weighted by Crippen LogP contribution is 2.13. The summed E-state index contributed by atoms with van der Waals surface area (Å²) in [5.74, 6) is 0.897. The van der Waals surface area contributed by atoms with Crippen LogP contribution in [0.5, 0.6) is 0 Å². The number of likely N-dealkylation sites (N-methyl/N-ethyl adjacent to an activating group) is 1. The highest BCUT2D eigenvalue weighted by atomic mass is 15.1. The van der Waals surface area contributed by atoms with E-state index in [9.17, 15) is 0 Å². The van der Waals surface area contributed by atoms with Crippen LogP contribution in [0.2, 0.25) is 0 Å². The first-order valence-corrected chi connectivity index (χ1v) is 7.19. The van der Waals surface area contributed by atoms with E-state index in [4.69, 9.17) is 0 Å². The van der Waals surface area contributed by atoms with Crippen LogP contribution < -0.4 is 5.32 Å². The first-order valence-electron chi connectivity index (χ1n) is 7.19. The van der Waals surface area contributed by atoms with Gasteiger partial charge in [0, 0.05) is 13.1 Å². The fourth-order valence-electron chi connectivity index (χ4n) is 2.78. The van der Waals surface area contributed by atoms with Crippen molar-refractivity contribution in [2.24, 2.45) is 5.92 Å². The van der Waals surface area contributed by atoms with E-state index in [1.165, 1.54) is 56.6 Å². The van der Waals surface area contributed by atoms with Gasteiger partial charge < -0.3 is 10.2 Å². The monoisotopic (exact) mass is 246 g/mol. The number of nitrogens with one attached hydrogen (secondary N) is 1. The van der Waals surface area contributed by atoms with Crippen molar-refractivity contribution in [1.82, 2.24) is 10.2 Å². The van der Waals surface area contributed by atoms with E-state index >= 15 is 0 Å². The maximum atomic E-state index is 3.43. The van der Waals surface area contributed by atoms with Crippen LogP contribution >= 0.6 is 0 Å². The van der Waals surface area contributed by atoms with E-state index in [1.807, 2.05) is 0 Å². The zero-order chi connectivity index (χ0) is 12.8. The van der Waals surface area contributed by atoms with Crippen molar-refractivity contribution in [3.8, 4) is 0 Å². The minimum atomic E-state index is 0.897. The van der Waals surface area contributed by atoms with E-state index in [-0.39, 0.29) is 0 Å². The first kappa shape index (κ1) is 13.6. The van der Waals surface area contributed by atoms with E-state index < -0.39 is 0 Å². The van der Waals surface area contributed by atoms with Crippen molar-refractivity contribution in [3.05, 3.63) is 35.4 Å². The third kappa shape index (κ3) is 4.43. The minimum absolute atomic E-state index is 0.897. The van der Waals surface area contributed by atoms with Gasteiger partial charge >= 0.3 is 0 Å². The lowest BCUT2D eigenvalue weighted by Gasteiger charge is -2.27. The van der Waals surface area contributed by atoms with Gasteiger partial charge in [-0.3, -0.25) is 0 Å². The zero-order valence-electron chi connectivity index (χ0n) is 11.8. The molecule has 1 aromatic rings. The molecule has 0 atom stereocenters. The number of benzene rings is 1. The third-order valence-corrected chi connectivity index (χ3v) is 3.89. The normalized spacial score (nSPS) is 17.3. The molecule has 0 aromatic heterocycles. The standard InChI is InChI=1S/C16H26N2/c1-14-4-3-5-15(12-14)8-11-18(2)13-16-6-9-17-10-7-16/h3-5,12,16-17H,6-11,13H2,1-2H3. The van der Waals surface area contributed by atoms with Crippen molar-refractivity contribution in [2.75, 3.05) is 33.2 Å². The molecule has 0 unspecified atom stereocenters. The van der Waals surface area contributed by atoms with Gasteiger partial charge in [0.25, 0.3) is 0 Å². The Labute approximate surface area is 111 Å². The van der Waals surface area contributed by atoms with Gasteiger partial charge in [-0.2, -0.15) is 0 Å². The lowest BCUT2D eigenvalue weighted by atomic mass is 9.97. The summed E-state index contributed by atoms with van der Waals surface area (Å²) < 4.78 is 0. The maximum absolute atomic E-state index is 3.43. The predicted molar refractivity (Wildman–Crippen MR) is 78.0 cm³/mol. The van der Waals surface area contributed by atoms with Gasteiger partial charge in [0.1, 0.15) is 0 Å². The molecule has 1 saturated heterocycles. The number of nitrogens with zero attached hydrogens (tertiary/aromatic N) is 1. The molecule has 0 radical (unpaired) electrons. The molecule has 1 aliphatic heterocycles. The highest BCUT2D eigenvalue weighted by molar-refractivity contribution is 5.22. The van der Waals surface area contributed by atoms with E-state index in [2.05, 4.69) is 48.5 Å². The van der Waals surface area contributed by atoms with Crippen molar-refractivity contribution < 1.29 is 0 Å². The van der Waals surface area contributed by atoms with Crippen LogP contribution in [-0.2, 0) is 6.42 Å². The van der Waals surface area contributed by atoms with Gasteiger partial charge in [0.2, 0.25) is 0 Å². The fourth-order valence-corrected chi connectivity index (χ4v) is 2.78. The molecule has 1 aromatic carbocycles. The Bertz CT molecular complexity index is 356. The lowest BCUT2D eigenvalue weighted by Crippen LogP contribution is -2.35. The Kier molecular flexibility index (Phi) is 5.21. The average Bonchev–Trinajstić information content (AvgIpc) is 2.38. The van der Waals surface area contributed by atoms with Crippen LogP contribution in [-0.4, -0.2) is 38.1 Å². The number of rotatable bonds is 5. The Balaban J connectivity index is 1.72. The van der Waals surface area contributed by atoms with Crippen molar-refractivity contribution in [2.45, 2.75) is 26.2 Å². The number of piperidine rings is 1. The fraction of sp³-hybridized carbons (Fsp3) is 0.625. The number of hydrogen-bond donors (Lipinski definition) is 1. The summed E-state index contributed by atoms with van der Waals surface area (Å²) in [6.45, 7) is 7.01. The molecule has 1 heterocycles. The molecule has 100 valence electrons. The molecule has 2 heteroatoms. The van der Waals surface area contributed by atoms with Gasteiger partial charge in [0.05, 0.1) is 0 Å². The van der Waals surface area contributed by atoms with Gasteiger partial charge in [-0.1, -0.05) is 29.8 Å². The summed E-state index contributed by atoms with van der Waals surface area (Å²) in [7, 11) is 2.26.